The molecule has 0 radical (unpaired) electrons. The Morgan fingerprint density at radius 2 is 1.60 bits per heavy atom. The topological polar surface area (TPSA) is 114 Å². The van der Waals surface area contributed by atoms with Crippen molar-refractivity contribution in [2.75, 3.05) is 0 Å². The first-order valence-corrected chi connectivity index (χ1v) is 8.05. The van der Waals surface area contributed by atoms with Gasteiger partial charge in [-0.1, -0.05) is 36.4 Å². The molecule has 9 heteroatoms. The van der Waals surface area contributed by atoms with Crippen molar-refractivity contribution in [1.29, 1.82) is 0 Å². The smallest absolute Gasteiger partial charge is 0.429 e. The highest BCUT2D eigenvalue weighted by Crippen LogP contribution is 2.14. The van der Waals surface area contributed by atoms with Crippen molar-refractivity contribution in [3.63, 3.8) is 0 Å². The highest BCUT2D eigenvalue weighted by molar-refractivity contribution is 7.97. The molecule has 2 aromatic carbocycles. The molecule has 0 aliphatic heterocycles. The summed E-state index contributed by atoms with van der Waals surface area (Å²) in [5.74, 6) is 0. The molecule has 0 fully saturated rings. The fourth-order valence-corrected chi connectivity index (χ4v) is 2.24. The molecule has 2 aromatic rings. The Bertz CT molecular complexity index is 723. The Morgan fingerprint density at radius 1 is 1.00 bits per heavy atom. The van der Waals surface area contributed by atoms with Gasteiger partial charge in [-0.15, -0.1) is 10.1 Å². The molecule has 8 nitrogen and oxygen atoms in total. The lowest BCUT2D eigenvalue weighted by atomic mass is 10.1. The van der Waals surface area contributed by atoms with Gasteiger partial charge in [0.15, 0.2) is 0 Å². The van der Waals surface area contributed by atoms with Crippen molar-refractivity contribution in [2.45, 2.75) is 24.7 Å². The maximum absolute atomic E-state index is 11.7. The van der Waals surface area contributed by atoms with Gasteiger partial charge in [-0.3, -0.25) is 5.14 Å². The second-order valence-electron chi connectivity index (χ2n) is 4.85. The number of hydrogen-bond acceptors (Lipinski definition) is 8. The van der Waals surface area contributed by atoms with Crippen LogP contribution >= 0.6 is 11.9 Å². The molecule has 0 unspecified atom stereocenters. The van der Waals surface area contributed by atoms with Crippen LogP contribution in [0.4, 0.5) is 4.79 Å². The van der Waals surface area contributed by atoms with E-state index in [2.05, 4.69) is 4.84 Å². The van der Waals surface area contributed by atoms with Gasteiger partial charge in [0.2, 0.25) is 0 Å². The summed E-state index contributed by atoms with van der Waals surface area (Å²) in [6.45, 7) is -0.216. The average molecular weight is 364 g/mol. The summed E-state index contributed by atoms with van der Waals surface area (Å²) in [6, 6.07) is 14.0. The van der Waals surface area contributed by atoms with Crippen molar-refractivity contribution in [3.05, 3.63) is 75.3 Å². The van der Waals surface area contributed by atoms with Gasteiger partial charge < -0.3 is 14.3 Å². The first-order valence-electron chi connectivity index (χ1n) is 7.18. The standard InChI is InChI=1S/C16H16N2O6S/c17-25-15-7-5-12(6-8-15)9-22-16(19)23-10-13-3-1-2-4-14(13)11-24-18(20)21/h1-8H,9-11,17H2. The molecule has 0 heterocycles. The second kappa shape index (κ2) is 9.50. The lowest BCUT2D eigenvalue weighted by Crippen LogP contribution is -2.09. The molecule has 0 saturated carbocycles. The molecule has 0 bridgehead atoms. The van der Waals surface area contributed by atoms with E-state index in [1.165, 1.54) is 0 Å². The molecule has 2 N–H and O–H groups in total. The zero-order chi connectivity index (χ0) is 18.1. The minimum atomic E-state index is -0.875. The van der Waals surface area contributed by atoms with E-state index < -0.39 is 11.2 Å². The molecule has 132 valence electrons. The van der Waals surface area contributed by atoms with E-state index in [1.807, 2.05) is 12.1 Å². The number of rotatable bonds is 8. The third kappa shape index (κ3) is 6.32. The second-order valence-corrected chi connectivity index (χ2v) is 5.56. The minimum absolute atomic E-state index is 0.0699. The summed E-state index contributed by atoms with van der Waals surface area (Å²) in [5.41, 5.74) is 1.96. The van der Waals surface area contributed by atoms with Gasteiger partial charge in [0, 0.05) is 4.90 Å². The number of ether oxygens (including phenoxy) is 2. The van der Waals surface area contributed by atoms with E-state index in [0.717, 1.165) is 22.4 Å². The van der Waals surface area contributed by atoms with Gasteiger partial charge >= 0.3 is 6.16 Å². The number of carbonyl (C=O) groups excluding carboxylic acids is 1. The molecule has 0 amide bonds. The van der Waals surface area contributed by atoms with E-state index in [1.54, 1.807) is 36.4 Å². The van der Waals surface area contributed by atoms with Crippen molar-refractivity contribution < 1.29 is 24.2 Å². The zero-order valence-electron chi connectivity index (χ0n) is 13.1. The van der Waals surface area contributed by atoms with E-state index in [9.17, 15) is 14.9 Å². The fraction of sp³-hybridized carbons (Fsp3) is 0.188. The molecule has 0 aromatic heterocycles. The Kier molecular flexibility index (Phi) is 7.05. The normalized spacial score (nSPS) is 10.1. The van der Waals surface area contributed by atoms with E-state index in [-0.39, 0.29) is 19.8 Å². The van der Waals surface area contributed by atoms with Gasteiger partial charge in [0.05, 0.1) is 0 Å². The number of benzene rings is 2. The third-order valence-corrected chi connectivity index (χ3v) is 3.75. The number of hydrogen-bond donors (Lipinski definition) is 1. The Balaban J connectivity index is 1.82. The Hall–Kier alpha value is -2.78. The maximum Gasteiger partial charge on any atom is 0.508 e. The van der Waals surface area contributed by atoms with Crippen LogP contribution in [-0.4, -0.2) is 11.2 Å². The highest BCUT2D eigenvalue weighted by atomic mass is 32.2. The van der Waals surface area contributed by atoms with Crippen LogP contribution in [0.25, 0.3) is 0 Å². The molecule has 0 aliphatic carbocycles. The average Bonchev–Trinajstić information content (AvgIpc) is 2.64. The Morgan fingerprint density at radius 3 is 2.20 bits per heavy atom. The van der Waals surface area contributed by atoms with E-state index in [0.29, 0.717) is 11.1 Å². The number of nitrogens with two attached hydrogens (primary N) is 1. The summed E-state index contributed by atoms with van der Waals surface area (Å²) in [4.78, 5) is 27.2. The van der Waals surface area contributed by atoms with Crippen molar-refractivity contribution in [2.24, 2.45) is 5.14 Å². The summed E-state index contributed by atoms with van der Waals surface area (Å²) in [7, 11) is 0. The molecule has 0 atom stereocenters. The monoisotopic (exact) mass is 364 g/mol. The summed E-state index contributed by atoms with van der Waals surface area (Å²) < 4.78 is 10.1. The van der Waals surface area contributed by atoms with Gasteiger partial charge in [0.25, 0.3) is 5.09 Å². The molecule has 0 aliphatic rings. The van der Waals surface area contributed by atoms with Crippen molar-refractivity contribution >= 4 is 18.1 Å². The van der Waals surface area contributed by atoms with Gasteiger partial charge in [-0.2, -0.15) is 0 Å². The van der Waals surface area contributed by atoms with Gasteiger partial charge in [-0.25, -0.2) is 4.79 Å². The van der Waals surface area contributed by atoms with E-state index >= 15 is 0 Å². The molecular weight excluding hydrogens is 348 g/mol. The first-order chi connectivity index (χ1) is 12.1. The molecule has 25 heavy (non-hydrogen) atoms. The van der Waals surface area contributed by atoms with Crippen LogP contribution in [0.15, 0.2) is 53.4 Å². The van der Waals surface area contributed by atoms with Crippen LogP contribution in [0.3, 0.4) is 0 Å². The quantitative estimate of drug-likeness (QED) is 0.329. The highest BCUT2D eigenvalue weighted by Gasteiger charge is 2.09. The lowest BCUT2D eigenvalue weighted by molar-refractivity contribution is -0.763. The van der Waals surface area contributed by atoms with Crippen molar-refractivity contribution in [3.8, 4) is 0 Å². The third-order valence-electron chi connectivity index (χ3n) is 3.21. The largest absolute Gasteiger partial charge is 0.508 e. The fourth-order valence-electron chi connectivity index (χ4n) is 1.95. The molecule has 0 saturated heterocycles. The minimum Gasteiger partial charge on any atom is -0.429 e. The van der Waals surface area contributed by atoms with Gasteiger partial charge in [-0.05, 0) is 40.8 Å². The molecule has 2 rings (SSSR count). The molecular formula is C16H16N2O6S. The lowest BCUT2D eigenvalue weighted by Gasteiger charge is -2.10. The Labute approximate surface area is 148 Å². The first kappa shape index (κ1) is 18.6. The maximum atomic E-state index is 11.7. The SMILES string of the molecule is NSc1ccc(COC(=O)OCc2ccccc2CO[N+](=O)[O-])cc1. The number of nitrogens with zero attached hydrogens (tertiary/aromatic N) is 1. The van der Waals surface area contributed by atoms with E-state index in [4.69, 9.17) is 14.6 Å². The van der Waals surface area contributed by atoms with Crippen LogP contribution in [-0.2, 0) is 34.1 Å². The van der Waals surface area contributed by atoms with Crippen LogP contribution in [0.2, 0.25) is 0 Å². The molecule has 0 spiro atoms. The van der Waals surface area contributed by atoms with Crippen LogP contribution < -0.4 is 5.14 Å². The predicted molar refractivity (Wildman–Crippen MR) is 89.7 cm³/mol. The van der Waals surface area contributed by atoms with Crippen molar-refractivity contribution in [1.82, 2.24) is 0 Å². The van der Waals surface area contributed by atoms with Crippen LogP contribution in [0.5, 0.6) is 0 Å². The summed E-state index contributed by atoms with van der Waals surface area (Å²) in [5, 5.41) is 14.8. The van der Waals surface area contributed by atoms with Crippen LogP contribution in [0.1, 0.15) is 16.7 Å². The summed E-state index contributed by atoms with van der Waals surface area (Å²) >= 11 is 1.13. The summed E-state index contributed by atoms with van der Waals surface area (Å²) in [6.07, 6.45) is -0.831. The van der Waals surface area contributed by atoms with Gasteiger partial charge in [0.1, 0.15) is 19.8 Å². The van der Waals surface area contributed by atoms with Crippen LogP contribution in [0, 0.1) is 10.1 Å². The zero-order valence-corrected chi connectivity index (χ0v) is 13.9. The predicted octanol–water partition coefficient (Wildman–Crippen LogP) is 3.21. The number of carbonyl (C=O) groups is 1.